The van der Waals surface area contributed by atoms with Gasteiger partial charge in [-0.05, 0) is 30.9 Å². The Kier molecular flexibility index (Phi) is 6.81. The minimum atomic E-state index is -0.125. The van der Waals surface area contributed by atoms with E-state index < -0.39 is 0 Å². The fourth-order valence-electron chi connectivity index (χ4n) is 3.64. The van der Waals surface area contributed by atoms with Gasteiger partial charge in [0.25, 0.3) is 0 Å². The first kappa shape index (κ1) is 18.9. The zero-order valence-corrected chi connectivity index (χ0v) is 15.8. The van der Waals surface area contributed by atoms with Crippen molar-refractivity contribution in [2.75, 3.05) is 33.3 Å². The largest absolute Gasteiger partial charge is 0.469 e. The second kappa shape index (κ2) is 8.63. The Morgan fingerprint density at radius 3 is 2.54 bits per heavy atom. The molecule has 0 radical (unpaired) electrons. The Balaban J connectivity index is 2.20. The van der Waals surface area contributed by atoms with Crippen LogP contribution in [0.3, 0.4) is 0 Å². The van der Waals surface area contributed by atoms with Crippen LogP contribution >= 0.6 is 0 Å². The van der Waals surface area contributed by atoms with Gasteiger partial charge in [-0.25, -0.2) is 0 Å². The van der Waals surface area contributed by atoms with E-state index in [0.29, 0.717) is 24.4 Å². The van der Waals surface area contributed by atoms with E-state index in [0.717, 1.165) is 26.2 Å². The fourth-order valence-corrected chi connectivity index (χ4v) is 3.64. The molecule has 0 bridgehead atoms. The summed E-state index contributed by atoms with van der Waals surface area (Å²) in [5.74, 6) is 0.390. The van der Waals surface area contributed by atoms with Crippen molar-refractivity contribution in [2.45, 2.75) is 52.1 Å². The van der Waals surface area contributed by atoms with Gasteiger partial charge in [-0.15, -0.1) is 0 Å². The van der Waals surface area contributed by atoms with E-state index in [1.807, 2.05) is 0 Å². The van der Waals surface area contributed by atoms with Crippen LogP contribution in [0.1, 0.15) is 57.2 Å². The molecular formula is C20H32N2O2. The molecule has 1 saturated heterocycles. The van der Waals surface area contributed by atoms with Crippen LogP contribution in [0, 0.1) is 0 Å². The summed E-state index contributed by atoms with van der Waals surface area (Å²) in [6.45, 7) is 12.9. The van der Waals surface area contributed by atoms with Gasteiger partial charge in [-0.1, -0.05) is 38.1 Å². The molecule has 1 atom stereocenters. The molecule has 0 amide bonds. The first-order chi connectivity index (χ1) is 11.4. The molecule has 4 heteroatoms. The third-order valence-electron chi connectivity index (χ3n) is 5.01. The minimum absolute atomic E-state index is 0.125. The number of ether oxygens (including phenoxy) is 1. The molecule has 0 N–H and O–H groups in total. The lowest BCUT2D eigenvalue weighted by atomic mass is 9.90. The number of hydrogen-bond donors (Lipinski definition) is 0. The van der Waals surface area contributed by atoms with Crippen molar-refractivity contribution in [2.24, 2.45) is 0 Å². The van der Waals surface area contributed by atoms with Crippen molar-refractivity contribution in [1.29, 1.82) is 0 Å². The highest BCUT2D eigenvalue weighted by Crippen LogP contribution is 2.32. The number of carbonyl (C=O) groups excluding carboxylic acids is 1. The van der Waals surface area contributed by atoms with Crippen LogP contribution in [-0.4, -0.2) is 55.1 Å². The van der Waals surface area contributed by atoms with Crippen molar-refractivity contribution in [3.8, 4) is 0 Å². The molecule has 134 valence electrons. The number of nitrogens with zero attached hydrogens (tertiary/aromatic N) is 2. The molecule has 0 aliphatic carbocycles. The van der Waals surface area contributed by atoms with E-state index in [1.165, 1.54) is 18.2 Å². The van der Waals surface area contributed by atoms with E-state index in [9.17, 15) is 4.79 Å². The molecule has 24 heavy (non-hydrogen) atoms. The zero-order valence-electron chi connectivity index (χ0n) is 15.8. The Hall–Kier alpha value is -1.39. The normalized spacial score (nSPS) is 19.9. The van der Waals surface area contributed by atoms with Gasteiger partial charge in [-0.3, -0.25) is 14.6 Å². The van der Waals surface area contributed by atoms with Crippen LogP contribution < -0.4 is 0 Å². The number of esters is 1. The number of methoxy groups -OCH3 is 1. The fraction of sp³-hybridized carbons (Fsp3) is 0.650. The van der Waals surface area contributed by atoms with E-state index in [2.05, 4.69) is 61.8 Å². The maximum atomic E-state index is 11.5. The summed E-state index contributed by atoms with van der Waals surface area (Å²) in [5, 5.41) is 0. The van der Waals surface area contributed by atoms with Crippen molar-refractivity contribution < 1.29 is 9.53 Å². The predicted octanol–water partition coefficient (Wildman–Crippen LogP) is 3.44. The molecule has 1 aliphatic heterocycles. The van der Waals surface area contributed by atoms with Crippen LogP contribution in [0.25, 0.3) is 0 Å². The molecule has 1 heterocycles. The molecule has 1 unspecified atom stereocenters. The second-order valence-corrected chi connectivity index (χ2v) is 7.26. The van der Waals surface area contributed by atoms with Crippen LogP contribution in [0.5, 0.6) is 0 Å². The highest BCUT2D eigenvalue weighted by molar-refractivity contribution is 5.69. The maximum absolute atomic E-state index is 11.5. The van der Waals surface area contributed by atoms with Gasteiger partial charge >= 0.3 is 5.97 Å². The molecule has 1 aromatic carbocycles. The molecule has 0 saturated carbocycles. The minimum Gasteiger partial charge on any atom is -0.469 e. The first-order valence-electron chi connectivity index (χ1n) is 9.07. The van der Waals surface area contributed by atoms with Gasteiger partial charge in [0.2, 0.25) is 0 Å². The second-order valence-electron chi connectivity index (χ2n) is 7.26. The van der Waals surface area contributed by atoms with Gasteiger partial charge < -0.3 is 4.74 Å². The van der Waals surface area contributed by atoms with Gasteiger partial charge in [0.15, 0.2) is 0 Å². The molecule has 0 spiro atoms. The monoisotopic (exact) mass is 332 g/mol. The SMILES string of the molecule is COC(=O)CCN1CCN(C(C)C)C(c2ccccc2C(C)C)C1. The first-order valence-corrected chi connectivity index (χ1v) is 9.07. The number of hydrogen-bond acceptors (Lipinski definition) is 4. The predicted molar refractivity (Wildman–Crippen MR) is 98.2 cm³/mol. The summed E-state index contributed by atoms with van der Waals surface area (Å²) < 4.78 is 4.79. The molecule has 1 aromatic rings. The Bertz CT molecular complexity index is 542. The van der Waals surface area contributed by atoms with Crippen LogP contribution in [0.4, 0.5) is 0 Å². The molecular weight excluding hydrogens is 300 g/mol. The quantitative estimate of drug-likeness (QED) is 0.747. The Morgan fingerprint density at radius 2 is 1.92 bits per heavy atom. The van der Waals surface area contributed by atoms with Gasteiger partial charge in [-0.2, -0.15) is 0 Å². The highest BCUT2D eigenvalue weighted by Gasteiger charge is 2.31. The molecule has 1 aliphatic rings. The van der Waals surface area contributed by atoms with E-state index in [-0.39, 0.29) is 5.97 Å². The van der Waals surface area contributed by atoms with Crippen LogP contribution in [0.15, 0.2) is 24.3 Å². The van der Waals surface area contributed by atoms with Crippen molar-refractivity contribution in [3.63, 3.8) is 0 Å². The summed E-state index contributed by atoms with van der Waals surface area (Å²) in [6.07, 6.45) is 0.469. The van der Waals surface area contributed by atoms with Crippen molar-refractivity contribution in [3.05, 3.63) is 35.4 Å². The lowest BCUT2D eigenvalue weighted by Crippen LogP contribution is -2.51. The molecule has 0 aromatic heterocycles. The number of carbonyl (C=O) groups is 1. The average Bonchev–Trinajstić information content (AvgIpc) is 2.59. The van der Waals surface area contributed by atoms with E-state index >= 15 is 0 Å². The van der Waals surface area contributed by atoms with Crippen LogP contribution in [0.2, 0.25) is 0 Å². The van der Waals surface area contributed by atoms with Gasteiger partial charge in [0.1, 0.15) is 0 Å². The maximum Gasteiger partial charge on any atom is 0.306 e. The third kappa shape index (κ3) is 4.58. The summed E-state index contributed by atoms with van der Waals surface area (Å²) in [6, 6.07) is 9.71. The number of piperazine rings is 1. The average molecular weight is 332 g/mol. The standard InChI is InChI=1S/C20H32N2O2/c1-15(2)17-8-6-7-9-18(17)19-14-21(11-10-20(23)24-5)12-13-22(19)16(3)4/h6-9,15-16,19H,10-14H2,1-5H3. The summed E-state index contributed by atoms with van der Waals surface area (Å²) in [7, 11) is 1.46. The third-order valence-corrected chi connectivity index (χ3v) is 5.01. The summed E-state index contributed by atoms with van der Waals surface area (Å²) >= 11 is 0. The highest BCUT2D eigenvalue weighted by atomic mass is 16.5. The van der Waals surface area contributed by atoms with Gasteiger partial charge in [0.05, 0.1) is 13.5 Å². The zero-order chi connectivity index (χ0) is 17.7. The smallest absolute Gasteiger partial charge is 0.306 e. The van der Waals surface area contributed by atoms with E-state index in [4.69, 9.17) is 4.74 Å². The topological polar surface area (TPSA) is 32.8 Å². The lowest BCUT2D eigenvalue weighted by Gasteiger charge is -2.44. The number of benzene rings is 1. The molecule has 1 fully saturated rings. The van der Waals surface area contributed by atoms with Crippen LogP contribution in [-0.2, 0) is 9.53 Å². The van der Waals surface area contributed by atoms with Gasteiger partial charge in [0, 0.05) is 38.3 Å². The Labute approximate surface area is 146 Å². The Morgan fingerprint density at radius 1 is 1.21 bits per heavy atom. The van der Waals surface area contributed by atoms with Crippen molar-refractivity contribution >= 4 is 5.97 Å². The molecule has 2 rings (SSSR count). The van der Waals surface area contributed by atoms with Crippen molar-refractivity contribution in [1.82, 2.24) is 9.80 Å². The molecule has 4 nitrogen and oxygen atoms in total. The number of rotatable bonds is 6. The lowest BCUT2D eigenvalue weighted by molar-refractivity contribution is -0.141. The summed E-state index contributed by atoms with van der Waals surface area (Å²) in [5.41, 5.74) is 2.87. The van der Waals surface area contributed by atoms with E-state index in [1.54, 1.807) is 0 Å². The summed E-state index contributed by atoms with van der Waals surface area (Å²) in [4.78, 5) is 16.5.